The molecule has 6 nitrogen and oxygen atoms in total. The number of aryl methyl sites for hydroxylation is 1. The number of aliphatic hydroxyl groups excluding tert-OH is 1. The van der Waals surface area contributed by atoms with E-state index in [1.54, 1.807) is 6.20 Å². The smallest absolute Gasteiger partial charge is 0.317 e. The van der Waals surface area contributed by atoms with Crippen LogP contribution in [0.2, 0.25) is 0 Å². The summed E-state index contributed by atoms with van der Waals surface area (Å²) in [5, 5.41) is 17.5. The topological polar surface area (TPSA) is 70.4 Å². The predicted molar refractivity (Wildman–Crippen MR) is 87.8 cm³/mol. The highest BCUT2D eigenvalue weighted by molar-refractivity contribution is 5.74. The van der Waals surface area contributed by atoms with Gasteiger partial charge in [0.25, 0.3) is 0 Å². The molecular formula is C17H28N4O2. The molecule has 1 aromatic rings. The van der Waals surface area contributed by atoms with Gasteiger partial charge in [0.05, 0.1) is 12.3 Å². The molecule has 1 saturated heterocycles. The average molecular weight is 320 g/mol. The van der Waals surface area contributed by atoms with E-state index >= 15 is 0 Å². The molecule has 0 spiro atoms. The van der Waals surface area contributed by atoms with Crippen molar-refractivity contribution in [3.05, 3.63) is 18.0 Å². The van der Waals surface area contributed by atoms with Crippen LogP contribution in [0.3, 0.4) is 0 Å². The number of aliphatic hydroxyl groups is 1. The summed E-state index contributed by atoms with van der Waals surface area (Å²) in [5.41, 5.74) is 1.02. The monoisotopic (exact) mass is 320 g/mol. The maximum absolute atomic E-state index is 12.4. The Morgan fingerprint density at radius 2 is 2.17 bits per heavy atom. The van der Waals surface area contributed by atoms with E-state index in [1.807, 2.05) is 22.7 Å². The van der Waals surface area contributed by atoms with Crippen molar-refractivity contribution < 1.29 is 9.90 Å². The van der Waals surface area contributed by atoms with E-state index in [2.05, 4.69) is 10.4 Å². The van der Waals surface area contributed by atoms with Crippen molar-refractivity contribution >= 4 is 6.03 Å². The minimum atomic E-state index is -0.245. The summed E-state index contributed by atoms with van der Waals surface area (Å²) in [6.45, 7) is 4.71. The van der Waals surface area contributed by atoms with E-state index in [-0.39, 0.29) is 18.1 Å². The number of carbonyl (C=O) groups is 1. The molecule has 2 amide bonds. The van der Waals surface area contributed by atoms with Gasteiger partial charge >= 0.3 is 6.03 Å². The van der Waals surface area contributed by atoms with Crippen LogP contribution >= 0.6 is 0 Å². The summed E-state index contributed by atoms with van der Waals surface area (Å²) >= 11 is 0. The Morgan fingerprint density at radius 1 is 1.39 bits per heavy atom. The second-order valence-corrected chi connectivity index (χ2v) is 6.87. The zero-order valence-corrected chi connectivity index (χ0v) is 13.9. The molecule has 2 atom stereocenters. The van der Waals surface area contributed by atoms with E-state index in [9.17, 15) is 9.90 Å². The molecule has 3 rings (SSSR count). The van der Waals surface area contributed by atoms with Gasteiger partial charge in [-0.25, -0.2) is 4.79 Å². The van der Waals surface area contributed by atoms with Crippen LogP contribution in [0, 0.1) is 11.8 Å². The number of aromatic nitrogens is 2. The van der Waals surface area contributed by atoms with Gasteiger partial charge in [0, 0.05) is 43.9 Å². The number of nitrogens with one attached hydrogen (secondary N) is 1. The van der Waals surface area contributed by atoms with E-state index in [1.165, 1.54) is 25.7 Å². The number of nitrogens with zero attached hydrogens (tertiary/aromatic N) is 3. The fourth-order valence-electron chi connectivity index (χ4n) is 3.96. The van der Waals surface area contributed by atoms with Crippen LogP contribution in [0.25, 0.3) is 0 Å². The minimum absolute atomic E-state index is 0.0239. The van der Waals surface area contributed by atoms with Crippen molar-refractivity contribution in [1.82, 2.24) is 20.0 Å². The van der Waals surface area contributed by atoms with Gasteiger partial charge in [-0.15, -0.1) is 0 Å². The number of likely N-dealkylation sites (tertiary alicyclic amines) is 1. The molecule has 0 aromatic carbocycles. The molecule has 1 saturated carbocycles. The fourth-order valence-corrected chi connectivity index (χ4v) is 3.96. The van der Waals surface area contributed by atoms with Gasteiger partial charge in [0.2, 0.25) is 0 Å². The van der Waals surface area contributed by atoms with Gasteiger partial charge in [-0.3, -0.25) is 4.68 Å². The predicted octanol–water partition coefficient (Wildman–Crippen LogP) is 1.99. The molecule has 2 fully saturated rings. The van der Waals surface area contributed by atoms with Crippen molar-refractivity contribution in [2.24, 2.45) is 11.8 Å². The van der Waals surface area contributed by atoms with Gasteiger partial charge in [-0.2, -0.15) is 5.10 Å². The van der Waals surface area contributed by atoms with Gasteiger partial charge < -0.3 is 15.3 Å². The van der Waals surface area contributed by atoms with Crippen molar-refractivity contribution in [1.29, 1.82) is 0 Å². The van der Waals surface area contributed by atoms with Crippen LogP contribution in [0.4, 0.5) is 4.79 Å². The lowest BCUT2D eigenvalue weighted by atomic mass is 9.82. The first-order valence-electron chi connectivity index (χ1n) is 8.89. The summed E-state index contributed by atoms with van der Waals surface area (Å²) in [6, 6.07) is -0.0239. The van der Waals surface area contributed by atoms with E-state index in [4.69, 9.17) is 0 Å². The Morgan fingerprint density at radius 3 is 2.87 bits per heavy atom. The molecule has 2 heterocycles. The molecule has 0 radical (unpaired) electrons. The molecule has 2 N–H and O–H groups in total. The number of piperidine rings is 1. The average Bonchev–Trinajstić information content (AvgIpc) is 3.24. The molecule has 0 bridgehead atoms. The van der Waals surface area contributed by atoms with Crippen molar-refractivity contribution in [2.45, 2.75) is 58.2 Å². The second kappa shape index (κ2) is 7.34. The Hall–Kier alpha value is -1.56. The molecule has 1 aliphatic heterocycles. The molecule has 2 aliphatic rings. The molecule has 128 valence electrons. The Bertz CT molecular complexity index is 524. The van der Waals surface area contributed by atoms with Crippen LogP contribution in [0.1, 0.15) is 44.6 Å². The van der Waals surface area contributed by atoms with Gasteiger partial charge in [-0.1, -0.05) is 25.7 Å². The highest BCUT2D eigenvalue weighted by Gasteiger charge is 2.36. The Balaban J connectivity index is 1.52. The quantitative estimate of drug-likeness (QED) is 0.891. The van der Waals surface area contributed by atoms with Gasteiger partial charge in [0.1, 0.15) is 0 Å². The highest BCUT2D eigenvalue weighted by Crippen LogP contribution is 2.36. The lowest BCUT2D eigenvalue weighted by Gasteiger charge is -2.39. The largest absolute Gasteiger partial charge is 0.393 e. The van der Waals surface area contributed by atoms with Crippen LogP contribution in [0.15, 0.2) is 12.4 Å². The number of rotatable bonds is 4. The first-order valence-corrected chi connectivity index (χ1v) is 8.89. The standard InChI is InChI=1S/C17H28N4O2/c1-2-21-11-13(10-19-21)9-18-17(23)20-8-7-16(22)15(12-20)14-5-3-4-6-14/h10-11,14-16,22H,2-9,12H2,1H3,(H,18,23)/t15-,16+/m0/s1. The second-order valence-electron chi connectivity index (χ2n) is 6.87. The van der Waals surface area contributed by atoms with Crippen LogP contribution < -0.4 is 5.32 Å². The minimum Gasteiger partial charge on any atom is -0.393 e. The van der Waals surface area contributed by atoms with Crippen LogP contribution in [0.5, 0.6) is 0 Å². The molecular weight excluding hydrogens is 292 g/mol. The van der Waals surface area contributed by atoms with Crippen LogP contribution in [-0.2, 0) is 13.1 Å². The van der Waals surface area contributed by atoms with E-state index < -0.39 is 0 Å². The number of hydrogen-bond donors (Lipinski definition) is 2. The lowest BCUT2D eigenvalue weighted by molar-refractivity contribution is 0.0125. The lowest BCUT2D eigenvalue weighted by Crippen LogP contribution is -2.51. The SMILES string of the molecule is CCn1cc(CNC(=O)N2CC[C@@H](O)[C@H](C3CCCC3)C2)cn1. The summed E-state index contributed by atoms with van der Waals surface area (Å²) in [7, 11) is 0. The number of hydrogen-bond acceptors (Lipinski definition) is 3. The number of urea groups is 1. The van der Waals surface area contributed by atoms with E-state index in [0.29, 0.717) is 32.0 Å². The zero-order valence-electron chi connectivity index (χ0n) is 13.9. The van der Waals surface area contributed by atoms with E-state index in [0.717, 1.165) is 12.1 Å². The third kappa shape index (κ3) is 3.86. The summed E-state index contributed by atoms with van der Waals surface area (Å²) in [4.78, 5) is 14.3. The van der Waals surface area contributed by atoms with Gasteiger partial charge in [-0.05, 0) is 19.3 Å². The third-order valence-electron chi connectivity index (χ3n) is 5.37. The summed E-state index contributed by atoms with van der Waals surface area (Å²) in [5.74, 6) is 0.836. The normalized spacial score (nSPS) is 25.7. The molecule has 1 aromatic heterocycles. The number of carbonyl (C=O) groups excluding carboxylic acids is 1. The van der Waals surface area contributed by atoms with Crippen LogP contribution in [-0.4, -0.2) is 45.0 Å². The molecule has 0 unspecified atom stereocenters. The molecule has 23 heavy (non-hydrogen) atoms. The molecule has 1 aliphatic carbocycles. The Kier molecular flexibility index (Phi) is 5.20. The summed E-state index contributed by atoms with van der Waals surface area (Å²) < 4.78 is 1.86. The zero-order chi connectivity index (χ0) is 16.2. The van der Waals surface area contributed by atoms with Gasteiger partial charge in [0.15, 0.2) is 0 Å². The third-order valence-corrected chi connectivity index (χ3v) is 5.37. The Labute approximate surface area is 137 Å². The first kappa shape index (κ1) is 16.3. The maximum Gasteiger partial charge on any atom is 0.317 e. The van der Waals surface area contributed by atoms with Crippen molar-refractivity contribution in [2.75, 3.05) is 13.1 Å². The maximum atomic E-state index is 12.4. The number of amides is 2. The highest BCUT2D eigenvalue weighted by atomic mass is 16.3. The first-order chi connectivity index (χ1) is 11.2. The van der Waals surface area contributed by atoms with Crippen molar-refractivity contribution in [3.63, 3.8) is 0 Å². The molecule has 6 heteroatoms. The summed E-state index contributed by atoms with van der Waals surface area (Å²) in [6.07, 6.45) is 9.14. The van der Waals surface area contributed by atoms with Crippen molar-refractivity contribution in [3.8, 4) is 0 Å². The fraction of sp³-hybridized carbons (Fsp3) is 0.765.